The third kappa shape index (κ3) is 1.04. The number of fused-ring (bicyclic) bond motifs is 1. The highest BCUT2D eigenvalue weighted by Gasteiger charge is 2.15. The second kappa shape index (κ2) is 2.41. The standard InChI is InChI=1S/C10H14N2/c1-6-4-9-10(5-7(6)2)12-8(3)11-9/h4-5,8,11-12H,1-3H3. The van der Waals surface area contributed by atoms with Gasteiger partial charge in [0.2, 0.25) is 0 Å². The predicted octanol–water partition coefficient (Wildman–Crippen LogP) is 2.49. The predicted molar refractivity (Wildman–Crippen MR) is 52.6 cm³/mol. The fraction of sp³-hybridized carbons (Fsp3) is 0.400. The maximum atomic E-state index is 3.35. The highest BCUT2D eigenvalue weighted by atomic mass is 15.2. The molecule has 12 heavy (non-hydrogen) atoms. The van der Waals surface area contributed by atoms with Gasteiger partial charge >= 0.3 is 0 Å². The molecule has 1 aliphatic rings. The number of aryl methyl sites for hydroxylation is 2. The van der Waals surface area contributed by atoms with E-state index in [1.807, 2.05) is 0 Å². The van der Waals surface area contributed by atoms with Gasteiger partial charge in [-0.3, -0.25) is 0 Å². The van der Waals surface area contributed by atoms with E-state index in [4.69, 9.17) is 0 Å². The van der Waals surface area contributed by atoms with Gasteiger partial charge in [-0.1, -0.05) is 0 Å². The van der Waals surface area contributed by atoms with Gasteiger partial charge in [-0.25, -0.2) is 0 Å². The average molecular weight is 162 g/mol. The lowest BCUT2D eigenvalue weighted by Gasteiger charge is -2.03. The number of benzene rings is 1. The zero-order valence-electron chi connectivity index (χ0n) is 7.73. The molecule has 0 radical (unpaired) electrons. The Balaban J connectivity index is 2.48. The van der Waals surface area contributed by atoms with Gasteiger partial charge in [0.1, 0.15) is 0 Å². The molecule has 1 aliphatic heterocycles. The van der Waals surface area contributed by atoms with Crippen molar-refractivity contribution in [3.8, 4) is 0 Å². The van der Waals surface area contributed by atoms with Crippen LogP contribution < -0.4 is 10.6 Å². The number of hydrogen-bond donors (Lipinski definition) is 2. The molecule has 2 N–H and O–H groups in total. The second-order valence-electron chi connectivity index (χ2n) is 3.49. The number of rotatable bonds is 0. The molecule has 0 aliphatic carbocycles. The van der Waals surface area contributed by atoms with Crippen molar-refractivity contribution in [3.05, 3.63) is 23.3 Å². The summed E-state index contributed by atoms with van der Waals surface area (Å²) >= 11 is 0. The zero-order chi connectivity index (χ0) is 8.72. The normalized spacial score (nSPS) is 15.2. The minimum atomic E-state index is 0.362. The second-order valence-corrected chi connectivity index (χ2v) is 3.49. The molecule has 0 atom stereocenters. The first-order valence-electron chi connectivity index (χ1n) is 4.31. The molecule has 2 nitrogen and oxygen atoms in total. The van der Waals surface area contributed by atoms with Crippen molar-refractivity contribution >= 4 is 11.4 Å². The SMILES string of the molecule is Cc1cc2c(cc1C)NC(C)N2. The molecule has 1 heterocycles. The Labute approximate surface area is 73.0 Å². The van der Waals surface area contributed by atoms with Crippen LogP contribution in [0.15, 0.2) is 12.1 Å². The lowest BCUT2D eigenvalue weighted by atomic mass is 10.1. The lowest BCUT2D eigenvalue weighted by molar-refractivity contribution is 0.956. The van der Waals surface area contributed by atoms with E-state index in [-0.39, 0.29) is 0 Å². The zero-order valence-corrected chi connectivity index (χ0v) is 7.73. The van der Waals surface area contributed by atoms with Gasteiger partial charge in [0.15, 0.2) is 0 Å². The molecule has 0 spiro atoms. The molecule has 0 saturated carbocycles. The Bertz CT molecular complexity index is 287. The van der Waals surface area contributed by atoms with Gasteiger partial charge in [0, 0.05) is 0 Å². The van der Waals surface area contributed by atoms with Crippen molar-refractivity contribution in [2.45, 2.75) is 26.9 Å². The third-order valence-corrected chi connectivity index (χ3v) is 2.38. The largest absolute Gasteiger partial charge is 0.364 e. The van der Waals surface area contributed by atoms with Crippen molar-refractivity contribution in [1.29, 1.82) is 0 Å². The minimum absolute atomic E-state index is 0.362. The topological polar surface area (TPSA) is 24.1 Å². The van der Waals surface area contributed by atoms with E-state index in [2.05, 4.69) is 43.5 Å². The van der Waals surface area contributed by atoms with Gasteiger partial charge in [-0.2, -0.15) is 0 Å². The first-order valence-corrected chi connectivity index (χ1v) is 4.31. The molecular formula is C10H14N2. The Morgan fingerprint density at radius 3 is 1.83 bits per heavy atom. The van der Waals surface area contributed by atoms with Crippen molar-refractivity contribution in [2.75, 3.05) is 10.6 Å². The lowest BCUT2D eigenvalue weighted by Crippen LogP contribution is -2.16. The first kappa shape index (κ1) is 7.47. The number of hydrogen-bond acceptors (Lipinski definition) is 2. The van der Waals surface area contributed by atoms with E-state index in [0.29, 0.717) is 6.17 Å². The summed E-state index contributed by atoms with van der Waals surface area (Å²) in [6.45, 7) is 6.39. The van der Waals surface area contributed by atoms with Crippen LogP contribution in [0.4, 0.5) is 11.4 Å². The van der Waals surface area contributed by atoms with Crippen LogP contribution in [-0.4, -0.2) is 6.17 Å². The maximum Gasteiger partial charge on any atom is 0.0935 e. The molecule has 64 valence electrons. The molecule has 1 aromatic rings. The van der Waals surface area contributed by atoms with E-state index in [1.165, 1.54) is 22.5 Å². The van der Waals surface area contributed by atoms with Crippen molar-refractivity contribution < 1.29 is 0 Å². The summed E-state index contributed by atoms with van der Waals surface area (Å²) in [5.74, 6) is 0. The summed E-state index contributed by atoms with van der Waals surface area (Å²) in [5, 5.41) is 6.71. The van der Waals surface area contributed by atoms with Crippen LogP contribution in [0.1, 0.15) is 18.1 Å². The molecule has 2 heteroatoms. The minimum Gasteiger partial charge on any atom is -0.364 e. The molecule has 0 bridgehead atoms. The highest BCUT2D eigenvalue weighted by Crippen LogP contribution is 2.31. The van der Waals surface area contributed by atoms with Crippen LogP contribution in [0.3, 0.4) is 0 Å². The van der Waals surface area contributed by atoms with Crippen molar-refractivity contribution in [2.24, 2.45) is 0 Å². The van der Waals surface area contributed by atoms with Crippen LogP contribution in [0.5, 0.6) is 0 Å². The van der Waals surface area contributed by atoms with Gasteiger partial charge in [-0.15, -0.1) is 0 Å². The summed E-state index contributed by atoms with van der Waals surface area (Å²) in [7, 11) is 0. The monoisotopic (exact) mass is 162 g/mol. The van der Waals surface area contributed by atoms with Crippen molar-refractivity contribution in [3.63, 3.8) is 0 Å². The molecule has 0 fully saturated rings. The smallest absolute Gasteiger partial charge is 0.0935 e. The summed E-state index contributed by atoms with van der Waals surface area (Å²) in [6.07, 6.45) is 0.362. The molecule has 0 amide bonds. The Kier molecular flexibility index (Phi) is 1.50. The van der Waals surface area contributed by atoms with E-state index in [0.717, 1.165) is 0 Å². The summed E-state index contributed by atoms with van der Waals surface area (Å²) in [5.41, 5.74) is 5.14. The molecule has 0 unspecified atom stereocenters. The molecule has 0 saturated heterocycles. The molecular weight excluding hydrogens is 148 g/mol. The molecule has 1 aromatic carbocycles. The van der Waals surface area contributed by atoms with Gasteiger partial charge < -0.3 is 10.6 Å². The third-order valence-electron chi connectivity index (χ3n) is 2.38. The van der Waals surface area contributed by atoms with E-state index in [9.17, 15) is 0 Å². The van der Waals surface area contributed by atoms with Crippen LogP contribution in [0, 0.1) is 13.8 Å². The fourth-order valence-corrected chi connectivity index (χ4v) is 1.56. The summed E-state index contributed by atoms with van der Waals surface area (Å²) in [4.78, 5) is 0. The Morgan fingerprint density at radius 2 is 1.42 bits per heavy atom. The van der Waals surface area contributed by atoms with Gasteiger partial charge in [-0.05, 0) is 44.0 Å². The quantitative estimate of drug-likeness (QED) is 0.612. The fourth-order valence-electron chi connectivity index (χ4n) is 1.56. The van der Waals surface area contributed by atoms with Crippen LogP contribution in [-0.2, 0) is 0 Å². The highest BCUT2D eigenvalue weighted by molar-refractivity contribution is 5.75. The molecule has 2 rings (SSSR count). The number of anilines is 2. The Hall–Kier alpha value is -1.18. The Morgan fingerprint density at radius 1 is 1.00 bits per heavy atom. The van der Waals surface area contributed by atoms with Crippen LogP contribution in [0.25, 0.3) is 0 Å². The van der Waals surface area contributed by atoms with Crippen LogP contribution >= 0.6 is 0 Å². The van der Waals surface area contributed by atoms with Gasteiger partial charge in [0.25, 0.3) is 0 Å². The maximum absolute atomic E-state index is 3.35. The first-order chi connectivity index (χ1) is 5.66. The van der Waals surface area contributed by atoms with E-state index in [1.54, 1.807) is 0 Å². The summed E-state index contributed by atoms with van der Waals surface area (Å²) < 4.78 is 0. The van der Waals surface area contributed by atoms with E-state index < -0.39 is 0 Å². The van der Waals surface area contributed by atoms with E-state index >= 15 is 0 Å². The van der Waals surface area contributed by atoms with Gasteiger partial charge in [0.05, 0.1) is 17.5 Å². The van der Waals surface area contributed by atoms with Crippen molar-refractivity contribution in [1.82, 2.24) is 0 Å². The summed E-state index contributed by atoms with van der Waals surface area (Å²) in [6, 6.07) is 4.39. The average Bonchev–Trinajstić information content (AvgIpc) is 2.30. The number of nitrogens with one attached hydrogen (secondary N) is 2. The molecule has 0 aromatic heterocycles. The van der Waals surface area contributed by atoms with Crippen LogP contribution in [0.2, 0.25) is 0 Å².